The van der Waals surface area contributed by atoms with Gasteiger partial charge in [0.15, 0.2) is 6.61 Å². The molecule has 0 spiro atoms. The van der Waals surface area contributed by atoms with Gasteiger partial charge >= 0.3 is 0 Å². The van der Waals surface area contributed by atoms with Crippen molar-refractivity contribution in [3.63, 3.8) is 0 Å². The number of rotatable bonds is 8. The minimum atomic E-state index is -0.149. The predicted octanol–water partition coefficient (Wildman–Crippen LogP) is 3.14. The van der Waals surface area contributed by atoms with Crippen LogP contribution in [0.3, 0.4) is 0 Å². The molecule has 132 valence electrons. The van der Waals surface area contributed by atoms with E-state index in [1.54, 1.807) is 12.5 Å². The Morgan fingerprint density at radius 3 is 2.65 bits per heavy atom. The summed E-state index contributed by atoms with van der Waals surface area (Å²) < 4.78 is 7.52. The maximum atomic E-state index is 12.0. The minimum Gasteiger partial charge on any atom is -0.483 e. The Bertz CT molecular complexity index is 858. The minimum absolute atomic E-state index is 0.0387. The first-order valence-electron chi connectivity index (χ1n) is 8.44. The molecule has 0 saturated carbocycles. The largest absolute Gasteiger partial charge is 0.483 e. The topological polar surface area (TPSA) is 56.1 Å². The van der Waals surface area contributed by atoms with Gasteiger partial charge in [0, 0.05) is 24.5 Å². The first kappa shape index (κ1) is 17.5. The van der Waals surface area contributed by atoms with Gasteiger partial charge in [0.1, 0.15) is 5.75 Å². The molecule has 1 aromatic heterocycles. The second kappa shape index (κ2) is 8.67. The van der Waals surface area contributed by atoms with Crippen LogP contribution in [-0.4, -0.2) is 28.6 Å². The number of imidazole rings is 1. The smallest absolute Gasteiger partial charge is 0.257 e. The van der Waals surface area contributed by atoms with Gasteiger partial charge in [-0.2, -0.15) is 0 Å². The number of hydrogen-bond donors (Lipinski definition) is 1. The number of para-hydroxylation sites is 1. The van der Waals surface area contributed by atoms with Crippen LogP contribution in [0, 0.1) is 0 Å². The van der Waals surface area contributed by atoms with Gasteiger partial charge in [-0.1, -0.05) is 49.0 Å². The van der Waals surface area contributed by atoms with Gasteiger partial charge in [0.2, 0.25) is 0 Å². The van der Waals surface area contributed by atoms with Crippen molar-refractivity contribution in [1.82, 2.24) is 14.9 Å². The Hall–Kier alpha value is -3.34. The van der Waals surface area contributed by atoms with Crippen LogP contribution in [0.2, 0.25) is 0 Å². The van der Waals surface area contributed by atoms with Crippen LogP contribution in [0.4, 0.5) is 0 Å². The van der Waals surface area contributed by atoms with Crippen molar-refractivity contribution >= 4 is 11.6 Å². The van der Waals surface area contributed by atoms with Crippen LogP contribution in [0.1, 0.15) is 11.1 Å². The number of carbonyl (C=O) groups excluding carboxylic acids is 1. The van der Waals surface area contributed by atoms with E-state index < -0.39 is 0 Å². The first-order valence-corrected chi connectivity index (χ1v) is 8.44. The first-order chi connectivity index (χ1) is 12.7. The zero-order valence-electron chi connectivity index (χ0n) is 14.5. The van der Waals surface area contributed by atoms with E-state index in [1.807, 2.05) is 65.4 Å². The summed E-state index contributed by atoms with van der Waals surface area (Å²) in [5.41, 5.74) is 2.75. The number of carbonyl (C=O) groups is 1. The highest BCUT2D eigenvalue weighted by Crippen LogP contribution is 2.25. The molecule has 0 fully saturated rings. The van der Waals surface area contributed by atoms with Gasteiger partial charge in [0.25, 0.3) is 5.91 Å². The highest BCUT2D eigenvalue weighted by atomic mass is 16.5. The lowest BCUT2D eigenvalue weighted by molar-refractivity contribution is -0.123. The Labute approximate surface area is 153 Å². The van der Waals surface area contributed by atoms with E-state index in [0.29, 0.717) is 12.3 Å². The number of nitrogens with zero attached hydrogens (tertiary/aromatic N) is 2. The average molecular weight is 347 g/mol. The molecule has 0 aliphatic rings. The van der Waals surface area contributed by atoms with Gasteiger partial charge in [-0.05, 0) is 24.1 Å². The summed E-state index contributed by atoms with van der Waals surface area (Å²) in [4.78, 5) is 16.1. The maximum Gasteiger partial charge on any atom is 0.257 e. The molecule has 0 saturated heterocycles. The lowest BCUT2D eigenvalue weighted by atomic mass is 10.1. The van der Waals surface area contributed by atoms with Gasteiger partial charge in [-0.15, -0.1) is 0 Å². The molecule has 1 amide bonds. The number of benzene rings is 2. The lowest BCUT2D eigenvalue weighted by Gasteiger charge is -2.13. The second-order valence-corrected chi connectivity index (χ2v) is 5.79. The quantitative estimate of drug-likeness (QED) is 0.681. The van der Waals surface area contributed by atoms with Gasteiger partial charge in [0.05, 0.1) is 12.0 Å². The molecule has 0 atom stereocenters. The molecule has 0 unspecified atom stereocenters. The van der Waals surface area contributed by atoms with Crippen molar-refractivity contribution in [3.8, 4) is 5.75 Å². The normalized spacial score (nSPS) is 10.3. The molecule has 0 aliphatic carbocycles. The summed E-state index contributed by atoms with van der Waals surface area (Å²) in [6, 6.07) is 17.6. The molecule has 3 rings (SSSR count). The van der Waals surface area contributed by atoms with Crippen molar-refractivity contribution in [2.45, 2.75) is 6.42 Å². The molecule has 3 aromatic rings. The SMILES string of the molecule is C=C(c1ccccc1OCC(=O)NCCc1ccccc1)n1ccnc1. The Morgan fingerprint density at radius 2 is 1.88 bits per heavy atom. The standard InChI is InChI=1S/C21H21N3O2/c1-17(24-14-13-22-16-24)19-9-5-6-10-20(19)26-15-21(25)23-12-11-18-7-3-2-4-8-18/h2-10,13-14,16H,1,11-12,15H2,(H,23,25). The van der Waals surface area contributed by atoms with Crippen molar-refractivity contribution < 1.29 is 9.53 Å². The van der Waals surface area contributed by atoms with Gasteiger partial charge < -0.3 is 14.6 Å². The number of aromatic nitrogens is 2. The third kappa shape index (κ3) is 4.60. The summed E-state index contributed by atoms with van der Waals surface area (Å²) >= 11 is 0. The number of nitrogens with one attached hydrogen (secondary N) is 1. The highest BCUT2D eigenvalue weighted by Gasteiger charge is 2.10. The highest BCUT2D eigenvalue weighted by molar-refractivity contribution is 5.78. The summed E-state index contributed by atoms with van der Waals surface area (Å²) in [5.74, 6) is 0.466. The fourth-order valence-electron chi connectivity index (χ4n) is 2.57. The summed E-state index contributed by atoms with van der Waals surface area (Å²) in [7, 11) is 0. The predicted molar refractivity (Wildman–Crippen MR) is 102 cm³/mol. The van der Waals surface area contributed by atoms with E-state index >= 15 is 0 Å². The molecule has 0 radical (unpaired) electrons. The van der Waals surface area contributed by atoms with Gasteiger partial charge in [-0.25, -0.2) is 4.98 Å². The molecule has 0 bridgehead atoms. The molecule has 2 aromatic carbocycles. The fraction of sp³-hybridized carbons (Fsp3) is 0.143. The molecule has 5 heteroatoms. The monoisotopic (exact) mass is 347 g/mol. The van der Waals surface area contributed by atoms with Crippen molar-refractivity contribution in [2.75, 3.05) is 13.2 Å². The summed E-state index contributed by atoms with van der Waals surface area (Å²) in [6.07, 6.45) is 5.97. The zero-order valence-corrected chi connectivity index (χ0v) is 14.5. The van der Waals surface area contributed by atoms with Crippen LogP contribution in [0.15, 0.2) is 79.9 Å². The van der Waals surface area contributed by atoms with E-state index in [9.17, 15) is 4.79 Å². The Kier molecular flexibility index (Phi) is 5.83. The molecule has 1 N–H and O–H groups in total. The lowest BCUT2D eigenvalue weighted by Crippen LogP contribution is -2.30. The molecular weight excluding hydrogens is 326 g/mol. The number of amides is 1. The van der Waals surface area contributed by atoms with E-state index in [-0.39, 0.29) is 12.5 Å². The Balaban J connectivity index is 1.53. The molecule has 0 aliphatic heterocycles. The Morgan fingerprint density at radius 1 is 1.12 bits per heavy atom. The van der Waals surface area contributed by atoms with Gasteiger partial charge in [-0.3, -0.25) is 4.79 Å². The zero-order chi connectivity index (χ0) is 18.2. The fourth-order valence-corrected chi connectivity index (χ4v) is 2.57. The summed E-state index contributed by atoms with van der Waals surface area (Å²) in [6.45, 7) is 4.62. The van der Waals surface area contributed by atoms with Crippen LogP contribution in [-0.2, 0) is 11.2 Å². The number of hydrogen-bond acceptors (Lipinski definition) is 3. The number of ether oxygens (including phenoxy) is 1. The molecule has 1 heterocycles. The second-order valence-electron chi connectivity index (χ2n) is 5.79. The summed E-state index contributed by atoms with van der Waals surface area (Å²) in [5, 5.41) is 2.88. The maximum absolute atomic E-state index is 12.0. The third-order valence-corrected chi connectivity index (χ3v) is 3.95. The van der Waals surface area contributed by atoms with Crippen molar-refractivity contribution in [2.24, 2.45) is 0 Å². The van der Waals surface area contributed by atoms with E-state index in [2.05, 4.69) is 16.9 Å². The molecule has 5 nitrogen and oxygen atoms in total. The van der Waals surface area contributed by atoms with Crippen LogP contribution in [0.5, 0.6) is 5.75 Å². The van der Waals surface area contributed by atoms with Crippen LogP contribution in [0.25, 0.3) is 5.70 Å². The van der Waals surface area contributed by atoms with E-state index in [4.69, 9.17) is 4.74 Å². The molecular formula is C21H21N3O2. The van der Waals surface area contributed by atoms with E-state index in [1.165, 1.54) is 5.56 Å². The van der Waals surface area contributed by atoms with Crippen molar-refractivity contribution in [1.29, 1.82) is 0 Å². The van der Waals surface area contributed by atoms with E-state index in [0.717, 1.165) is 17.7 Å². The van der Waals surface area contributed by atoms with Crippen molar-refractivity contribution in [3.05, 3.63) is 91.0 Å². The van der Waals surface area contributed by atoms with Crippen LogP contribution >= 0.6 is 0 Å². The van der Waals surface area contributed by atoms with Crippen LogP contribution < -0.4 is 10.1 Å². The molecule has 26 heavy (non-hydrogen) atoms. The third-order valence-electron chi connectivity index (χ3n) is 3.95. The average Bonchev–Trinajstić information content (AvgIpc) is 3.22.